The summed E-state index contributed by atoms with van der Waals surface area (Å²) in [5.74, 6) is 2.10. The third-order valence-electron chi connectivity index (χ3n) is 4.17. The molecule has 1 nitrogen and oxygen atoms in total. The van der Waals surface area contributed by atoms with Gasteiger partial charge in [-0.25, -0.2) is 0 Å². The van der Waals surface area contributed by atoms with E-state index in [1.165, 1.54) is 57.8 Å². The van der Waals surface area contributed by atoms with Crippen LogP contribution in [0.5, 0.6) is 0 Å². The number of hydrogen-bond donors (Lipinski definition) is 1. The van der Waals surface area contributed by atoms with Crippen molar-refractivity contribution in [2.45, 2.75) is 63.8 Å². The Balaban J connectivity index is 1.63. The van der Waals surface area contributed by atoms with Gasteiger partial charge in [0.15, 0.2) is 0 Å². The average molecular weight is 195 g/mol. The molecule has 0 radical (unpaired) electrons. The summed E-state index contributed by atoms with van der Waals surface area (Å²) in [6.45, 7) is 0. The molecule has 2 fully saturated rings. The smallest absolute Gasteiger partial charge is 0.00924 e. The highest BCUT2D eigenvalue weighted by molar-refractivity contribution is 4.86. The van der Waals surface area contributed by atoms with Crippen LogP contribution in [-0.2, 0) is 0 Å². The quantitative estimate of drug-likeness (QED) is 0.709. The van der Waals surface area contributed by atoms with E-state index < -0.39 is 0 Å². The lowest BCUT2D eigenvalue weighted by molar-refractivity contribution is 0.309. The Morgan fingerprint density at radius 1 is 1.07 bits per heavy atom. The molecule has 2 rings (SSSR count). The van der Waals surface area contributed by atoms with Gasteiger partial charge in [0.1, 0.15) is 0 Å². The summed E-state index contributed by atoms with van der Waals surface area (Å²) in [7, 11) is 2.14. The molecule has 0 saturated heterocycles. The van der Waals surface area contributed by atoms with E-state index in [0.29, 0.717) is 0 Å². The minimum atomic E-state index is 0.844. The Labute approximate surface area is 88.7 Å². The molecular formula is C13H25N. The van der Waals surface area contributed by atoms with Crippen molar-refractivity contribution in [1.29, 1.82) is 0 Å². The van der Waals surface area contributed by atoms with E-state index in [1.807, 2.05) is 0 Å². The summed E-state index contributed by atoms with van der Waals surface area (Å²) in [6, 6.07) is 0.844. The van der Waals surface area contributed by atoms with E-state index >= 15 is 0 Å². The van der Waals surface area contributed by atoms with Crippen molar-refractivity contribution in [2.75, 3.05) is 7.05 Å². The first kappa shape index (κ1) is 10.5. The van der Waals surface area contributed by atoms with Crippen LogP contribution in [0.25, 0.3) is 0 Å². The molecule has 0 amide bonds. The monoisotopic (exact) mass is 195 g/mol. The van der Waals surface area contributed by atoms with Gasteiger partial charge >= 0.3 is 0 Å². The molecule has 0 aromatic rings. The standard InChI is InChI=1S/C13H25N/c1-14-13(12-8-9-12)10-7-11-5-3-2-4-6-11/h11-14H,2-10H2,1H3. The highest BCUT2D eigenvalue weighted by Gasteiger charge is 2.30. The van der Waals surface area contributed by atoms with Gasteiger partial charge in [0.2, 0.25) is 0 Å². The van der Waals surface area contributed by atoms with Crippen LogP contribution in [0.3, 0.4) is 0 Å². The van der Waals surface area contributed by atoms with E-state index in [4.69, 9.17) is 0 Å². The van der Waals surface area contributed by atoms with Gasteiger partial charge in [-0.3, -0.25) is 0 Å². The number of rotatable bonds is 5. The third-order valence-corrected chi connectivity index (χ3v) is 4.17. The van der Waals surface area contributed by atoms with E-state index in [1.54, 1.807) is 0 Å². The van der Waals surface area contributed by atoms with Crippen molar-refractivity contribution in [3.05, 3.63) is 0 Å². The van der Waals surface area contributed by atoms with E-state index in [9.17, 15) is 0 Å². The average Bonchev–Trinajstić information content (AvgIpc) is 3.05. The van der Waals surface area contributed by atoms with Crippen molar-refractivity contribution in [2.24, 2.45) is 11.8 Å². The summed E-state index contributed by atoms with van der Waals surface area (Å²) >= 11 is 0. The molecule has 14 heavy (non-hydrogen) atoms. The molecule has 0 spiro atoms. The van der Waals surface area contributed by atoms with Crippen LogP contribution in [0.1, 0.15) is 57.8 Å². The van der Waals surface area contributed by atoms with Gasteiger partial charge in [-0.15, -0.1) is 0 Å². The second-order valence-electron chi connectivity index (χ2n) is 5.31. The topological polar surface area (TPSA) is 12.0 Å². The first-order valence-corrected chi connectivity index (χ1v) is 6.57. The van der Waals surface area contributed by atoms with Crippen LogP contribution >= 0.6 is 0 Å². The van der Waals surface area contributed by atoms with Crippen LogP contribution in [-0.4, -0.2) is 13.1 Å². The zero-order chi connectivity index (χ0) is 9.80. The van der Waals surface area contributed by atoms with Gasteiger partial charge in [0.05, 0.1) is 0 Å². The van der Waals surface area contributed by atoms with Crippen LogP contribution in [0.15, 0.2) is 0 Å². The maximum atomic E-state index is 3.50. The summed E-state index contributed by atoms with van der Waals surface area (Å²) in [6.07, 6.45) is 13.4. The van der Waals surface area contributed by atoms with E-state index in [-0.39, 0.29) is 0 Å². The Hall–Kier alpha value is -0.0400. The van der Waals surface area contributed by atoms with E-state index in [0.717, 1.165) is 17.9 Å². The molecule has 2 saturated carbocycles. The molecule has 1 heteroatoms. The van der Waals surface area contributed by atoms with Crippen LogP contribution < -0.4 is 5.32 Å². The second kappa shape index (κ2) is 5.16. The first-order chi connectivity index (χ1) is 6.90. The molecule has 0 heterocycles. The molecule has 1 N–H and O–H groups in total. The Morgan fingerprint density at radius 2 is 1.79 bits per heavy atom. The van der Waals surface area contributed by atoms with E-state index in [2.05, 4.69) is 12.4 Å². The molecular weight excluding hydrogens is 170 g/mol. The molecule has 2 aliphatic rings. The molecule has 0 bridgehead atoms. The normalized spacial score (nSPS) is 26.4. The van der Waals surface area contributed by atoms with Gasteiger partial charge in [-0.2, -0.15) is 0 Å². The lowest BCUT2D eigenvalue weighted by Gasteiger charge is -2.24. The van der Waals surface area contributed by atoms with Gasteiger partial charge in [0.25, 0.3) is 0 Å². The van der Waals surface area contributed by atoms with Crippen molar-refractivity contribution in [1.82, 2.24) is 5.32 Å². The molecule has 0 aromatic carbocycles. The Bertz CT molecular complexity index is 157. The maximum absolute atomic E-state index is 3.50. The second-order valence-corrected chi connectivity index (χ2v) is 5.31. The first-order valence-electron chi connectivity index (χ1n) is 6.57. The van der Waals surface area contributed by atoms with Crippen LogP contribution in [0, 0.1) is 11.8 Å². The Morgan fingerprint density at radius 3 is 2.36 bits per heavy atom. The van der Waals surface area contributed by atoms with Gasteiger partial charge in [-0.05, 0) is 44.6 Å². The lowest BCUT2D eigenvalue weighted by Crippen LogP contribution is -2.28. The predicted octanol–water partition coefficient (Wildman–Crippen LogP) is 3.34. The zero-order valence-corrected chi connectivity index (χ0v) is 9.60. The van der Waals surface area contributed by atoms with Gasteiger partial charge in [0, 0.05) is 6.04 Å². The van der Waals surface area contributed by atoms with Crippen molar-refractivity contribution < 1.29 is 0 Å². The van der Waals surface area contributed by atoms with Crippen molar-refractivity contribution in [3.63, 3.8) is 0 Å². The molecule has 0 aromatic heterocycles. The van der Waals surface area contributed by atoms with Crippen LogP contribution in [0.4, 0.5) is 0 Å². The number of hydrogen-bond acceptors (Lipinski definition) is 1. The predicted molar refractivity (Wildman–Crippen MR) is 61.4 cm³/mol. The molecule has 0 aliphatic heterocycles. The highest BCUT2D eigenvalue weighted by Crippen LogP contribution is 2.36. The van der Waals surface area contributed by atoms with Crippen molar-refractivity contribution in [3.8, 4) is 0 Å². The SMILES string of the molecule is CNC(CCC1CCCCC1)C1CC1. The fourth-order valence-electron chi connectivity index (χ4n) is 3.01. The maximum Gasteiger partial charge on any atom is 0.00924 e. The summed E-state index contributed by atoms with van der Waals surface area (Å²) in [5.41, 5.74) is 0. The fraction of sp³-hybridized carbons (Fsp3) is 1.00. The molecule has 1 atom stereocenters. The molecule has 82 valence electrons. The Kier molecular flexibility index (Phi) is 3.86. The fourth-order valence-corrected chi connectivity index (χ4v) is 3.01. The lowest BCUT2D eigenvalue weighted by atomic mass is 9.85. The molecule has 1 unspecified atom stereocenters. The minimum absolute atomic E-state index is 0.844. The third kappa shape index (κ3) is 2.98. The zero-order valence-electron chi connectivity index (χ0n) is 9.60. The van der Waals surface area contributed by atoms with Gasteiger partial charge in [-0.1, -0.05) is 32.1 Å². The minimum Gasteiger partial charge on any atom is -0.317 e. The molecule has 2 aliphatic carbocycles. The highest BCUT2D eigenvalue weighted by atomic mass is 14.9. The summed E-state index contributed by atoms with van der Waals surface area (Å²) in [4.78, 5) is 0. The largest absolute Gasteiger partial charge is 0.317 e. The summed E-state index contributed by atoms with van der Waals surface area (Å²) in [5, 5.41) is 3.50. The number of nitrogens with one attached hydrogen (secondary N) is 1. The van der Waals surface area contributed by atoms with Gasteiger partial charge < -0.3 is 5.32 Å². The van der Waals surface area contributed by atoms with Crippen molar-refractivity contribution >= 4 is 0 Å². The summed E-state index contributed by atoms with van der Waals surface area (Å²) < 4.78 is 0. The van der Waals surface area contributed by atoms with Crippen LogP contribution in [0.2, 0.25) is 0 Å².